The lowest BCUT2D eigenvalue weighted by Gasteiger charge is -2.32. The number of carbonyl (C=O) groups is 1. The molecule has 0 aromatic heterocycles. The van der Waals surface area contributed by atoms with Gasteiger partial charge < -0.3 is 14.7 Å². The zero-order valence-corrected chi connectivity index (χ0v) is 26.4. The molecule has 2 unspecified atom stereocenters. The van der Waals surface area contributed by atoms with Crippen molar-refractivity contribution < 1.29 is 33.1 Å². The van der Waals surface area contributed by atoms with Gasteiger partial charge in [-0.2, -0.15) is 0 Å². The van der Waals surface area contributed by atoms with Crippen molar-refractivity contribution >= 4 is 13.8 Å². The Bertz CT molecular complexity index is 1270. The summed E-state index contributed by atoms with van der Waals surface area (Å²) in [6.45, 7) is 12.2. The molecule has 0 fully saturated rings. The van der Waals surface area contributed by atoms with Crippen LogP contribution in [0.5, 0.6) is 11.5 Å². The Morgan fingerprint density at radius 2 is 1.83 bits per heavy atom. The average molecular weight is 599 g/mol. The number of aryl methyl sites for hydroxylation is 1. The standard InChI is InChI=1S/C34H47O7P/c1-6-8-9-13-17-31(41-42(37,38)39-23-26-15-11-10-12-16-26)34(36)40-32-22-27(14-7-2)21-30(35)33(32)29-20-25(5)18-19-28(29)24(3)4/h10-12,15-16,20-22,28-29,31,35H,3,6-9,13-14,17-19,23H2,1-2,4-5H3,(H,37,38)/t28-,29+,31?/m0/s1. The third-order valence-electron chi connectivity index (χ3n) is 7.72. The van der Waals surface area contributed by atoms with Crippen LogP contribution in [0.2, 0.25) is 0 Å². The SMILES string of the molecule is C=C(C)[C@@H]1CCC(C)=C[C@H]1c1c(O)cc(CCC)cc1OC(=O)C(CCCCCC)OP(=O)(O)OCc1ccccc1. The van der Waals surface area contributed by atoms with Crippen molar-refractivity contribution in [2.24, 2.45) is 5.92 Å². The van der Waals surface area contributed by atoms with E-state index in [0.717, 1.165) is 49.7 Å². The molecule has 8 heteroatoms. The molecule has 0 heterocycles. The van der Waals surface area contributed by atoms with Gasteiger partial charge in [0.2, 0.25) is 0 Å². The van der Waals surface area contributed by atoms with Gasteiger partial charge >= 0.3 is 13.8 Å². The number of aromatic hydroxyl groups is 1. The third kappa shape index (κ3) is 9.95. The fraction of sp³-hybridized carbons (Fsp3) is 0.500. The third-order valence-corrected chi connectivity index (χ3v) is 8.70. The van der Waals surface area contributed by atoms with Gasteiger partial charge in [-0.15, -0.1) is 0 Å². The molecule has 0 saturated heterocycles. The Morgan fingerprint density at radius 3 is 2.50 bits per heavy atom. The van der Waals surface area contributed by atoms with Gasteiger partial charge in [-0.3, -0.25) is 9.05 Å². The lowest BCUT2D eigenvalue weighted by atomic mass is 9.73. The summed E-state index contributed by atoms with van der Waals surface area (Å²) in [5.74, 6) is -0.644. The van der Waals surface area contributed by atoms with Gasteiger partial charge in [0, 0.05) is 11.5 Å². The number of hydrogen-bond donors (Lipinski definition) is 2. The van der Waals surface area contributed by atoms with Crippen LogP contribution in [0.4, 0.5) is 0 Å². The Kier molecular flexibility index (Phi) is 13.1. The topological polar surface area (TPSA) is 102 Å². The first-order valence-corrected chi connectivity index (χ1v) is 16.6. The molecule has 0 spiro atoms. The molecule has 2 N–H and O–H groups in total. The number of benzene rings is 2. The van der Waals surface area contributed by atoms with Crippen LogP contribution in [0, 0.1) is 5.92 Å². The predicted molar refractivity (Wildman–Crippen MR) is 166 cm³/mol. The fourth-order valence-electron chi connectivity index (χ4n) is 5.49. The lowest BCUT2D eigenvalue weighted by molar-refractivity contribution is -0.143. The van der Waals surface area contributed by atoms with Crippen molar-refractivity contribution in [3.63, 3.8) is 0 Å². The van der Waals surface area contributed by atoms with E-state index in [4.69, 9.17) is 13.8 Å². The van der Waals surface area contributed by atoms with E-state index < -0.39 is 19.9 Å². The highest BCUT2D eigenvalue weighted by atomic mass is 31.2. The second kappa shape index (κ2) is 16.2. The first-order valence-electron chi connectivity index (χ1n) is 15.1. The Balaban J connectivity index is 1.92. The van der Waals surface area contributed by atoms with E-state index in [1.165, 1.54) is 5.57 Å². The number of rotatable bonds is 16. The molecule has 0 saturated carbocycles. The number of carbonyl (C=O) groups excluding carboxylic acids is 1. The first kappa shape index (κ1) is 33.8. The Morgan fingerprint density at radius 1 is 1.10 bits per heavy atom. The Labute approximate surface area is 251 Å². The minimum atomic E-state index is -4.60. The molecular formula is C34H47O7P. The van der Waals surface area contributed by atoms with Crippen LogP contribution in [0.15, 0.2) is 66.3 Å². The number of phosphoric acid groups is 1. The number of allylic oxidation sites excluding steroid dienone is 3. The zero-order valence-electron chi connectivity index (χ0n) is 25.5. The summed E-state index contributed by atoms with van der Waals surface area (Å²) >= 11 is 0. The minimum absolute atomic E-state index is 0.0605. The van der Waals surface area contributed by atoms with Crippen LogP contribution >= 0.6 is 7.82 Å². The van der Waals surface area contributed by atoms with E-state index in [1.807, 2.05) is 19.9 Å². The molecule has 2 aromatic rings. The quantitative estimate of drug-likeness (QED) is 0.0654. The van der Waals surface area contributed by atoms with Crippen LogP contribution in [0.25, 0.3) is 0 Å². The van der Waals surface area contributed by atoms with Crippen LogP contribution in [-0.2, 0) is 31.4 Å². The number of unbranched alkanes of at least 4 members (excludes halogenated alkanes) is 3. The summed E-state index contributed by atoms with van der Waals surface area (Å²) in [6.07, 6.45) is 7.77. The monoisotopic (exact) mass is 598 g/mol. The highest BCUT2D eigenvalue weighted by Crippen LogP contribution is 2.48. The molecule has 0 radical (unpaired) electrons. The summed E-state index contributed by atoms with van der Waals surface area (Å²) in [5, 5.41) is 11.3. The van der Waals surface area contributed by atoms with Crippen LogP contribution in [-0.4, -0.2) is 22.1 Å². The zero-order chi connectivity index (χ0) is 30.7. The number of phenolic OH excluding ortho intramolecular Hbond substituents is 1. The molecular weight excluding hydrogens is 551 g/mol. The van der Waals surface area contributed by atoms with Crippen LogP contribution in [0.1, 0.15) is 102 Å². The molecule has 42 heavy (non-hydrogen) atoms. The number of esters is 1. The van der Waals surface area contributed by atoms with Crippen molar-refractivity contribution in [2.45, 2.75) is 104 Å². The number of ether oxygens (including phenoxy) is 1. The Hall–Kier alpha value is -2.70. The second-order valence-electron chi connectivity index (χ2n) is 11.4. The van der Waals surface area contributed by atoms with E-state index in [1.54, 1.807) is 36.4 Å². The fourth-order valence-corrected chi connectivity index (χ4v) is 6.38. The van der Waals surface area contributed by atoms with Gasteiger partial charge in [0.05, 0.1) is 6.61 Å². The van der Waals surface area contributed by atoms with E-state index in [0.29, 0.717) is 24.0 Å². The molecule has 1 aliphatic rings. The van der Waals surface area contributed by atoms with Gasteiger partial charge in [0.1, 0.15) is 11.5 Å². The molecule has 1 aliphatic carbocycles. The molecule has 7 nitrogen and oxygen atoms in total. The van der Waals surface area contributed by atoms with E-state index >= 15 is 0 Å². The number of phosphoric ester groups is 1. The maximum absolute atomic E-state index is 13.7. The summed E-state index contributed by atoms with van der Waals surface area (Å²) in [7, 11) is -4.60. The summed E-state index contributed by atoms with van der Waals surface area (Å²) in [4.78, 5) is 24.2. The van der Waals surface area contributed by atoms with Crippen molar-refractivity contribution in [2.75, 3.05) is 0 Å². The first-order chi connectivity index (χ1) is 20.0. The summed E-state index contributed by atoms with van der Waals surface area (Å²) in [5.41, 5.74) is 4.25. The highest BCUT2D eigenvalue weighted by Gasteiger charge is 2.35. The highest BCUT2D eigenvalue weighted by molar-refractivity contribution is 7.47. The molecule has 0 bridgehead atoms. The van der Waals surface area contributed by atoms with Crippen molar-refractivity contribution in [3.05, 3.63) is 83.0 Å². The summed E-state index contributed by atoms with van der Waals surface area (Å²) in [6, 6.07) is 12.5. The van der Waals surface area contributed by atoms with Crippen molar-refractivity contribution in [1.29, 1.82) is 0 Å². The van der Waals surface area contributed by atoms with Crippen molar-refractivity contribution in [3.8, 4) is 11.5 Å². The van der Waals surface area contributed by atoms with Gasteiger partial charge in [-0.25, -0.2) is 9.36 Å². The van der Waals surface area contributed by atoms with Gasteiger partial charge in [-0.1, -0.05) is 100 Å². The van der Waals surface area contributed by atoms with Crippen molar-refractivity contribution in [1.82, 2.24) is 0 Å². The summed E-state index contributed by atoms with van der Waals surface area (Å²) < 4.78 is 29.6. The van der Waals surface area contributed by atoms with E-state index in [2.05, 4.69) is 26.5 Å². The smallest absolute Gasteiger partial charge is 0.473 e. The van der Waals surface area contributed by atoms with E-state index in [-0.39, 0.29) is 36.4 Å². The average Bonchev–Trinajstić information content (AvgIpc) is 2.94. The molecule has 3 rings (SSSR count). The van der Waals surface area contributed by atoms with Crippen LogP contribution < -0.4 is 4.74 Å². The maximum atomic E-state index is 13.7. The maximum Gasteiger partial charge on any atom is 0.473 e. The van der Waals surface area contributed by atoms with E-state index in [9.17, 15) is 19.4 Å². The molecule has 0 aliphatic heterocycles. The number of phenols is 1. The van der Waals surface area contributed by atoms with Crippen LogP contribution in [0.3, 0.4) is 0 Å². The predicted octanol–water partition coefficient (Wildman–Crippen LogP) is 8.94. The lowest BCUT2D eigenvalue weighted by Crippen LogP contribution is -2.29. The molecule has 0 amide bonds. The second-order valence-corrected chi connectivity index (χ2v) is 12.8. The largest absolute Gasteiger partial charge is 0.507 e. The number of hydrogen-bond acceptors (Lipinski definition) is 6. The van der Waals surface area contributed by atoms with Gasteiger partial charge in [0.15, 0.2) is 6.10 Å². The van der Waals surface area contributed by atoms with Gasteiger partial charge in [-0.05, 0) is 68.7 Å². The van der Waals surface area contributed by atoms with Gasteiger partial charge in [0.25, 0.3) is 0 Å². The molecule has 2 aromatic carbocycles. The minimum Gasteiger partial charge on any atom is -0.507 e. The molecule has 230 valence electrons. The molecule has 4 atom stereocenters. The normalized spacial score (nSPS) is 19.0.